The molecule has 1 amide bonds. The molecule has 2 rings (SSSR count). The largest absolute Gasteiger partial charge is 0.383 e. The van der Waals surface area contributed by atoms with Crippen molar-refractivity contribution >= 4 is 17.5 Å². The third-order valence-electron chi connectivity index (χ3n) is 2.84. The number of amides is 1. The molecule has 108 valence electrons. The first-order valence-electron chi connectivity index (χ1n) is 6.46. The van der Waals surface area contributed by atoms with E-state index in [1.165, 1.54) is 0 Å². The molecular weight excluding hydrogens is 258 g/mol. The number of methoxy groups -OCH3 is 1. The monoisotopic (exact) mass is 277 g/mol. The molecule has 20 heavy (non-hydrogen) atoms. The lowest BCUT2D eigenvalue weighted by atomic mass is 10.3. The summed E-state index contributed by atoms with van der Waals surface area (Å²) in [4.78, 5) is 16.1. The molecule has 0 aliphatic carbocycles. The lowest BCUT2D eigenvalue weighted by Crippen LogP contribution is -2.39. The molecule has 0 saturated carbocycles. The van der Waals surface area contributed by atoms with Crippen molar-refractivity contribution < 1.29 is 9.53 Å². The van der Waals surface area contributed by atoms with Gasteiger partial charge >= 0.3 is 0 Å². The fourth-order valence-electron chi connectivity index (χ4n) is 1.73. The number of aryl methyl sites for hydroxylation is 1. The van der Waals surface area contributed by atoms with Crippen LogP contribution in [0.2, 0.25) is 0 Å². The van der Waals surface area contributed by atoms with Crippen LogP contribution >= 0.6 is 0 Å². The molecule has 1 unspecified atom stereocenters. The van der Waals surface area contributed by atoms with Gasteiger partial charge in [-0.1, -0.05) is 0 Å². The predicted octanol–water partition coefficient (Wildman–Crippen LogP) is 0.601. The van der Waals surface area contributed by atoms with Gasteiger partial charge in [0.05, 0.1) is 6.61 Å². The molecule has 0 aliphatic rings. The van der Waals surface area contributed by atoms with Crippen LogP contribution in [-0.2, 0) is 9.53 Å². The molecule has 2 aromatic rings. The minimum absolute atomic E-state index is 0.114. The highest BCUT2D eigenvalue weighted by atomic mass is 16.5. The SMILES string of the molecule is COCCNC(=O)C(C)Nc1nc2cc(C)ccn2n1. The Kier molecular flexibility index (Phi) is 4.52. The number of nitrogens with one attached hydrogen (secondary N) is 2. The van der Waals surface area contributed by atoms with E-state index in [4.69, 9.17) is 4.74 Å². The van der Waals surface area contributed by atoms with Gasteiger partial charge in [-0.3, -0.25) is 4.79 Å². The second-order valence-corrected chi connectivity index (χ2v) is 4.59. The van der Waals surface area contributed by atoms with Gasteiger partial charge in [-0.05, 0) is 31.5 Å². The average molecular weight is 277 g/mol. The molecule has 1 atom stereocenters. The van der Waals surface area contributed by atoms with Gasteiger partial charge in [-0.2, -0.15) is 4.98 Å². The number of carbonyl (C=O) groups is 1. The van der Waals surface area contributed by atoms with Crippen molar-refractivity contribution in [3.05, 3.63) is 23.9 Å². The summed E-state index contributed by atoms with van der Waals surface area (Å²) in [6.07, 6.45) is 1.84. The summed E-state index contributed by atoms with van der Waals surface area (Å²) in [7, 11) is 1.59. The Morgan fingerprint density at radius 2 is 2.35 bits per heavy atom. The van der Waals surface area contributed by atoms with Crippen molar-refractivity contribution in [2.75, 3.05) is 25.6 Å². The second-order valence-electron chi connectivity index (χ2n) is 4.59. The van der Waals surface area contributed by atoms with Crippen LogP contribution in [0, 0.1) is 6.92 Å². The summed E-state index contributed by atoms with van der Waals surface area (Å²) >= 11 is 0. The summed E-state index contributed by atoms with van der Waals surface area (Å²) in [5.74, 6) is 0.321. The normalized spacial score (nSPS) is 12.3. The highest BCUT2D eigenvalue weighted by molar-refractivity contribution is 5.83. The fourth-order valence-corrected chi connectivity index (χ4v) is 1.73. The molecule has 0 aromatic carbocycles. The lowest BCUT2D eigenvalue weighted by Gasteiger charge is -2.12. The number of aromatic nitrogens is 3. The summed E-state index contributed by atoms with van der Waals surface area (Å²) in [5, 5.41) is 10.0. The summed E-state index contributed by atoms with van der Waals surface area (Å²) < 4.78 is 6.55. The van der Waals surface area contributed by atoms with E-state index in [0.717, 1.165) is 11.2 Å². The van der Waals surface area contributed by atoms with E-state index in [-0.39, 0.29) is 5.91 Å². The first-order chi connectivity index (χ1) is 9.60. The average Bonchev–Trinajstić information content (AvgIpc) is 2.80. The van der Waals surface area contributed by atoms with Gasteiger partial charge in [0.1, 0.15) is 6.04 Å². The van der Waals surface area contributed by atoms with Crippen molar-refractivity contribution in [3.8, 4) is 0 Å². The van der Waals surface area contributed by atoms with E-state index in [1.54, 1.807) is 18.5 Å². The summed E-state index contributed by atoms with van der Waals surface area (Å²) in [6.45, 7) is 4.73. The van der Waals surface area contributed by atoms with Crippen LogP contribution in [0.25, 0.3) is 5.65 Å². The maximum atomic E-state index is 11.8. The predicted molar refractivity (Wildman–Crippen MR) is 75.7 cm³/mol. The third kappa shape index (κ3) is 3.45. The van der Waals surface area contributed by atoms with Crippen LogP contribution in [0.3, 0.4) is 0 Å². The maximum Gasteiger partial charge on any atom is 0.243 e. The van der Waals surface area contributed by atoms with E-state index >= 15 is 0 Å². The molecule has 0 spiro atoms. The highest BCUT2D eigenvalue weighted by Gasteiger charge is 2.14. The van der Waals surface area contributed by atoms with Gasteiger partial charge in [0.25, 0.3) is 0 Å². The van der Waals surface area contributed by atoms with Crippen molar-refractivity contribution in [3.63, 3.8) is 0 Å². The number of hydrogen-bond donors (Lipinski definition) is 2. The van der Waals surface area contributed by atoms with Gasteiger partial charge in [0.2, 0.25) is 11.9 Å². The number of ether oxygens (including phenoxy) is 1. The number of hydrogen-bond acceptors (Lipinski definition) is 5. The molecule has 2 aromatic heterocycles. The Morgan fingerprint density at radius 1 is 1.55 bits per heavy atom. The first-order valence-corrected chi connectivity index (χ1v) is 6.46. The summed E-state index contributed by atoms with van der Waals surface area (Å²) in [6, 6.07) is 3.47. The molecule has 0 bridgehead atoms. The standard InChI is InChI=1S/C13H19N5O2/c1-9-4-6-18-11(8-9)16-13(17-18)15-10(2)12(19)14-5-7-20-3/h4,6,8,10H,5,7H2,1-3H3,(H,14,19)(H,15,17). The Hall–Kier alpha value is -2.15. The third-order valence-corrected chi connectivity index (χ3v) is 2.84. The van der Waals surface area contributed by atoms with Gasteiger partial charge in [0, 0.05) is 19.9 Å². The molecular formula is C13H19N5O2. The maximum absolute atomic E-state index is 11.8. The van der Waals surface area contributed by atoms with Gasteiger partial charge < -0.3 is 15.4 Å². The smallest absolute Gasteiger partial charge is 0.243 e. The van der Waals surface area contributed by atoms with Crippen LogP contribution in [0.1, 0.15) is 12.5 Å². The molecule has 0 saturated heterocycles. The van der Waals surface area contributed by atoms with E-state index in [1.807, 2.05) is 25.3 Å². The highest BCUT2D eigenvalue weighted by Crippen LogP contribution is 2.08. The van der Waals surface area contributed by atoms with Crippen LogP contribution in [0.5, 0.6) is 0 Å². The second kappa shape index (κ2) is 6.33. The van der Waals surface area contributed by atoms with Crippen LogP contribution < -0.4 is 10.6 Å². The van der Waals surface area contributed by atoms with Crippen LogP contribution in [0.4, 0.5) is 5.95 Å². The molecule has 2 N–H and O–H groups in total. The zero-order valence-electron chi connectivity index (χ0n) is 11.9. The minimum Gasteiger partial charge on any atom is -0.383 e. The number of rotatable bonds is 6. The molecule has 7 heteroatoms. The van der Waals surface area contributed by atoms with Gasteiger partial charge in [0.15, 0.2) is 5.65 Å². The Morgan fingerprint density at radius 3 is 3.10 bits per heavy atom. The Labute approximate surface area is 117 Å². The fraction of sp³-hybridized carbons (Fsp3) is 0.462. The molecule has 7 nitrogen and oxygen atoms in total. The van der Waals surface area contributed by atoms with E-state index in [9.17, 15) is 4.79 Å². The van der Waals surface area contributed by atoms with Crippen molar-refractivity contribution in [2.45, 2.75) is 19.9 Å². The van der Waals surface area contributed by atoms with Gasteiger partial charge in [-0.25, -0.2) is 4.52 Å². The van der Waals surface area contributed by atoms with Gasteiger partial charge in [-0.15, -0.1) is 5.10 Å². The molecule has 0 fully saturated rings. The lowest BCUT2D eigenvalue weighted by molar-refractivity contribution is -0.121. The minimum atomic E-state index is -0.412. The van der Waals surface area contributed by atoms with Crippen molar-refractivity contribution in [1.82, 2.24) is 19.9 Å². The van der Waals surface area contributed by atoms with Crippen molar-refractivity contribution in [1.29, 1.82) is 0 Å². The topological polar surface area (TPSA) is 80.5 Å². The molecule has 0 radical (unpaired) electrons. The van der Waals surface area contributed by atoms with Crippen LogP contribution in [0.15, 0.2) is 18.3 Å². The number of fused-ring (bicyclic) bond motifs is 1. The first kappa shape index (κ1) is 14.3. The Balaban J connectivity index is 1.98. The van der Waals surface area contributed by atoms with E-state index < -0.39 is 6.04 Å². The Bertz CT molecular complexity index is 595. The van der Waals surface area contributed by atoms with Crippen LogP contribution in [-0.4, -0.2) is 46.8 Å². The van der Waals surface area contributed by atoms with E-state index in [2.05, 4.69) is 20.7 Å². The zero-order chi connectivity index (χ0) is 14.5. The number of carbonyl (C=O) groups excluding carboxylic acids is 1. The van der Waals surface area contributed by atoms with Crippen molar-refractivity contribution in [2.24, 2.45) is 0 Å². The number of anilines is 1. The number of nitrogens with zero attached hydrogens (tertiary/aromatic N) is 3. The quantitative estimate of drug-likeness (QED) is 0.756. The molecule has 2 heterocycles. The number of pyridine rings is 1. The van der Waals surface area contributed by atoms with E-state index in [0.29, 0.717) is 19.1 Å². The zero-order valence-corrected chi connectivity index (χ0v) is 11.9. The molecule has 0 aliphatic heterocycles. The summed E-state index contributed by atoms with van der Waals surface area (Å²) in [5.41, 5.74) is 1.86.